The molecule has 0 amide bonds. The van der Waals surface area contributed by atoms with Crippen LogP contribution in [-0.4, -0.2) is 18.3 Å². The summed E-state index contributed by atoms with van der Waals surface area (Å²) in [7, 11) is 0. The third-order valence-corrected chi connectivity index (χ3v) is 6.19. The summed E-state index contributed by atoms with van der Waals surface area (Å²) in [4.78, 5) is 13.5. The van der Waals surface area contributed by atoms with E-state index in [1.54, 1.807) is 23.1 Å². The second-order valence-electron chi connectivity index (χ2n) is 5.81. The van der Waals surface area contributed by atoms with E-state index >= 15 is 0 Å². The molecule has 1 aromatic heterocycles. The molecule has 0 aliphatic carbocycles. The molecule has 2 nitrogen and oxygen atoms in total. The molecule has 0 bridgehead atoms. The number of hydrogen-bond acceptors (Lipinski definition) is 4. The number of esters is 1. The van der Waals surface area contributed by atoms with E-state index in [9.17, 15) is 4.79 Å². The Hall–Kier alpha value is -1.96. The molecule has 4 heteroatoms. The summed E-state index contributed by atoms with van der Waals surface area (Å²) in [6, 6.07) is 6.43. The summed E-state index contributed by atoms with van der Waals surface area (Å²) in [6.07, 6.45) is 5.18. The second-order valence-corrected chi connectivity index (χ2v) is 7.72. The van der Waals surface area contributed by atoms with Crippen LogP contribution in [0, 0.1) is 33.1 Å². The molecule has 0 fully saturated rings. The van der Waals surface area contributed by atoms with Crippen molar-refractivity contribution >= 4 is 39.5 Å². The van der Waals surface area contributed by atoms with Crippen LogP contribution in [0.15, 0.2) is 23.6 Å². The van der Waals surface area contributed by atoms with Crippen LogP contribution in [0.4, 0.5) is 0 Å². The molecule has 2 heterocycles. The maximum absolute atomic E-state index is 12.3. The molecule has 0 radical (unpaired) electrons. The lowest BCUT2D eigenvalue weighted by Crippen LogP contribution is -2.32. The lowest BCUT2D eigenvalue weighted by molar-refractivity contribution is -0.135. The molecule has 1 aliphatic heterocycles. The number of benzene rings is 1. The zero-order valence-electron chi connectivity index (χ0n) is 13.9. The van der Waals surface area contributed by atoms with Crippen molar-refractivity contribution in [2.45, 2.75) is 20.8 Å². The second kappa shape index (κ2) is 6.88. The van der Waals surface area contributed by atoms with Gasteiger partial charge < -0.3 is 4.74 Å². The smallest absolute Gasteiger partial charge is 0.336 e. The van der Waals surface area contributed by atoms with Crippen LogP contribution in [-0.2, 0) is 9.53 Å². The van der Waals surface area contributed by atoms with E-state index in [4.69, 9.17) is 11.2 Å². The van der Waals surface area contributed by atoms with E-state index in [-0.39, 0.29) is 12.6 Å². The number of fused-ring (bicyclic) bond motifs is 1. The fourth-order valence-corrected chi connectivity index (χ4v) is 5.56. The van der Waals surface area contributed by atoms with Gasteiger partial charge in [0.05, 0.1) is 5.57 Å². The van der Waals surface area contributed by atoms with Gasteiger partial charge in [-0.2, -0.15) is 0 Å². The average molecular weight is 354 g/mol. The first-order valence-corrected chi connectivity index (χ1v) is 9.52. The lowest BCUT2D eigenvalue weighted by Gasteiger charge is -2.18. The highest BCUT2D eigenvalue weighted by Crippen LogP contribution is 2.33. The Bertz CT molecular complexity index is 951. The zero-order chi connectivity index (χ0) is 17.3. The van der Waals surface area contributed by atoms with Crippen molar-refractivity contribution in [2.24, 2.45) is 0 Å². The number of carbonyl (C=O) groups is 1. The molecular weight excluding hydrogens is 336 g/mol. The van der Waals surface area contributed by atoms with Gasteiger partial charge in [-0.1, -0.05) is 23.6 Å². The van der Waals surface area contributed by atoms with Crippen LogP contribution >= 0.6 is 23.1 Å². The van der Waals surface area contributed by atoms with Gasteiger partial charge in [0.2, 0.25) is 0 Å². The van der Waals surface area contributed by atoms with Gasteiger partial charge in [0, 0.05) is 20.4 Å². The van der Waals surface area contributed by atoms with E-state index < -0.39 is 0 Å². The van der Waals surface area contributed by atoms with E-state index in [2.05, 4.69) is 38.8 Å². The maximum atomic E-state index is 12.3. The molecule has 0 unspecified atom stereocenters. The van der Waals surface area contributed by atoms with Crippen LogP contribution in [0.1, 0.15) is 22.3 Å². The average Bonchev–Trinajstić information content (AvgIpc) is 3.01. The summed E-state index contributed by atoms with van der Waals surface area (Å²) in [5.74, 6) is 2.64. The molecular formula is C20H18O2S2. The minimum Gasteiger partial charge on any atom is -0.449 e. The molecule has 0 saturated heterocycles. The van der Waals surface area contributed by atoms with Crippen LogP contribution in [0.2, 0.25) is 0 Å². The fraction of sp³-hybridized carbons (Fsp3) is 0.250. The zero-order valence-corrected chi connectivity index (χ0v) is 15.6. The fourth-order valence-electron chi connectivity index (χ4n) is 3.10. The third kappa shape index (κ3) is 3.02. The van der Waals surface area contributed by atoms with Crippen molar-refractivity contribution in [3.63, 3.8) is 0 Å². The SMILES string of the molecule is C#CCOC(=O)C1=c2ccsc2=C(c2c(C)cc(C)cc2C)SC1. The summed E-state index contributed by atoms with van der Waals surface area (Å²) in [5, 5.41) is 3.01. The van der Waals surface area contributed by atoms with Crippen LogP contribution in [0.5, 0.6) is 0 Å². The monoisotopic (exact) mass is 354 g/mol. The van der Waals surface area contributed by atoms with Crippen molar-refractivity contribution in [2.75, 3.05) is 12.4 Å². The molecule has 3 rings (SSSR count). The van der Waals surface area contributed by atoms with Crippen molar-refractivity contribution in [1.29, 1.82) is 0 Å². The van der Waals surface area contributed by atoms with Gasteiger partial charge in [0.25, 0.3) is 0 Å². The Morgan fingerprint density at radius 2 is 2.00 bits per heavy atom. The molecule has 2 aromatic rings. The van der Waals surface area contributed by atoms with Crippen molar-refractivity contribution < 1.29 is 9.53 Å². The number of ether oxygens (including phenoxy) is 1. The van der Waals surface area contributed by atoms with Crippen molar-refractivity contribution in [3.8, 4) is 12.3 Å². The Morgan fingerprint density at radius 1 is 1.29 bits per heavy atom. The van der Waals surface area contributed by atoms with Crippen LogP contribution in [0.25, 0.3) is 10.5 Å². The van der Waals surface area contributed by atoms with E-state index in [1.165, 1.54) is 27.2 Å². The quantitative estimate of drug-likeness (QED) is 0.626. The number of hydrogen-bond donors (Lipinski definition) is 0. The molecule has 0 saturated carbocycles. The molecule has 122 valence electrons. The Balaban J connectivity index is 2.23. The summed E-state index contributed by atoms with van der Waals surface area (Å²) < 4.78 is 6.28. The predicted molar refractivity (Wildman–Crippen MR) is 102 cm³/mol. The van der Waals surface area contributed by atoms with Crippen LogP contribution in [0.3, 0.4) is 0 Å². The molecule has 1 aromatic carbocycles. The minimum atomic E-state index is -0.309. The van der Waals surface area contributed by atoms with Gasteiger partial charge in [0.15, 0.2) is 6.61 Å². The first kappa shape index (κ1) is 16.9. The van der Waals surface area contributed by atoms with Gasteiger partial charge in [0.1, 0.15) is 0 Å². The first-order chi connectivity index (χ1) is 11.5. The largest absolute Gasteiger partial charge is 0.449 e. The van der Waals surface area contributed by atoms with E-state index in [0.717, 1.165) is 9.75 Å². The highest BCUT2D eigenvalue weighted by Gasteiger charge is 2.22. The first-order valence-electron chi connectivity index (χ1n) is 7.65. The summed E-state index contributed by atoms with van der Waals surface area (Å²) in [5.41, 5.74) is 5.80. The molecule has 0 spiro atoms. The van der Waals surface area contributed by atoms with Crippen LogP contribution < -0.4 is 9.75 Å². The Kier molecular flexibility index (Phi) is 4.84. The highest BCUT2D eigenvalue weighted by molar-refractivity contribution is 8.08. The van der Waals surface area contributed by atoms with Gasteiger partial charge in [-0.05, 0) is 48.9 Å². The normalized spacial score (nSPS) is 13.4. The van der Waals surface area contributed by atoms with E-state index in [0.29, 0.717) is 11.3 Å². The molecule has 0 N–H and O–H groups in total. The molecule has 1 aliphatic rings. The molecule has 24 heavy (non-hydrogen) atoms. The van der Waals surface area contributed by atoms with Crippen molar-refractivity contribution in [1.82, 2.24) is 0 Å². The van der Waals surface area contributed by atoms with Gasteiger partial charge in [-0.25, -0.2) is 4.79 Å². The van der Waals surface area contributed by atoms with Gasteiger partial charge >= 0.3 is 5.97 Å². The number of carbonyl (C=O) groups excluding carboxylic acids is 1. The van der Waals surface area contributed by atoms with Crippen molar-refractivity contribution in [3.05, 3.63) is 55.6 Å². The van der Waals surface area contributed by atoms with Gasteiger partial charge in [-0.3, -0.25) is 0 Å². The predicted octanol–water partition coefficient (Wildman–Crippen LogP) is 2.90. The lowest BCUT2D eigenvalue weighted by atomic mass is 9.99. The number of terminal acetylenes is 1. The summed E-state index contributed by atoms with van der Waals surface area (Å²) >= 11 is 3.37. The maximum Gasteiger partial charge on any atom is 0.336 e. The number of rotatable bonds is 3. The number of thiophene rings is 1. The third-order valence-electron chi connectivity index (χ3n) is 3.99. The standard InChI is InChI=1S/C20H18O2S2/c1-5-7-22-20(21)16-11-24-19(18-15(16)6-8-23-18)17-13(3)9-12(2)10-14(17)4/h1,6,8-10H,7,11H2,2-4H3. The topological polar surface area (TPSA) is 26.3 Å². The highest BCUT2D eigenvalue weighted by atomic mass is 32.2. The Morgan fingerprint density at radius 3 is 2.67 bits per heavy atom. The van der Waals surface area contributed by atoms with Gasteiger partial charge in [-0.15, -0.1) is 29.5 Å². The van der Waals surface area contributed by atoms with E-state index in [1.807, 2.05) is 11.4 Å². The number of aryl methyl sites for hydroxylation is 3. The summed E-state index contributed by atoms with van der Waals surface area (Å²) in [6.45, 7) is 6.43. The molecule has 0 atom stereocenters. The Labute approximate surface area is 150 Å². The minimum absolute atomic E-state index is 0.0131. The number of thioether (sulfide) groups is 1.